The van der Waals surface area contributed by atoms with Crippen molar-refractivity contribution in [3.8, 4) is 5.75 Å². The number of phenols is 1. The van der Waals surface area contributed by atoms with Crippen LogP contribution in [0, 0.1) is 11.7 Å². The van der Waals surface area contributed by atoms with E-state index in [9.17, 15) is 19.1 Å². The van der Waals surface area contributed by atoms with Crippen molar-refractivity contribution in [2.45, 2.75) is 6.42 Å². The fourth-order valence-electron chi connectivity index (χ4n) is 1.23. The SMILES string of the molecule is O=C(O)C(Cc1c(O)cccc1F)C(=O)O. The molecule has 6 heteroatoms. The molecule has 5 nitrogen and oxygen atoms in total. The molecule has 86 valence electrons. The van der Waals surface area contributed by atoms with Crippen LogP contribution in [-0.2, 0) is 16.0 Å². The van der Waals surface area contributed by atoms with Crippen molar-refractivity contribution in [1.82, 2.24) is 0 Å². The molecule has 3 N–H and O–H groups in total. The van der Waals surface area contributed by atoms with Gasteiger partial charge in [0.25, 0.3) is 0 Å². The number of phenolic OH excluding ortho intramolecular Hbond substituents is 1. The zero-order chi connectivity index (χ0) is 12.3. The van der Waals surface area contributed by atoms with Gasteiger partial charge in [-0.15, -0.1) is 0 Å². The minimum absolute atomic E-state index is 0.308. The molecule has 0 spiro atoms. The van der Waals surface area contributed by atoms with Crippen LogP contribution in [0.15, 0.2) is 18.2 Å². The highest BCUT2D eigenvalue weighted by atomic mass is 19.1. The van der Waals surface area contributed by atoms with Gasteiger partial charge in [0.1, 0.15) is 11.6 Å². The summed E-state index contributed by atoms with van der Waals surface area (Å²) >= 11 is 0. The Hall–Kier alpha value is -2.11. The Morgan fingerprint density at radius 3 is 2.25 bits per heavy atom. The Kier molecular flexibility index (Phi) is 3.44. The van der Waals surface area contributed by atoms with Crippen molar-refractivity contribution in [3.63, 3.8) is 0 Å². The first-order valence-electron chi connectivity index (χ1n) is 4.35. The maximum atomic E-state index is 13.2. The third kappa shape index (κ3) is 2.47. The van der Waals surface area contributed by atoms with Gasteiger partial charge < -0.3 is 15.3 Å². The number of carbonyl (C=O) groups is 2. The Morgan fingerprint density at radius 2 is 1.81 bits per heavy atom. The van der Waals surface area contributed by atoms with Crippen molar-refractivity contribution in [1.29, 1.82) is 0 Å². The number of hydrogen-bond acceptors (Lipinski definition) is 3. The van der Waals surface area contributed by atoms with E-state index in [4.69, 9.17) is 10.2 Å². The molecule has 1 aromatic carbocycles. The lowest BCUT2D eigenvalue weighted by Gasteiger charge is -2.09. The van der Waals surface area contributed by atoms with Crippen LogP contribution < -0.4 is 0 Å². The van der Waals surface area contributed by atoms with Gasteiger partial charge in [-0.2, -0.15) is 0 Å². The van der Waals surface area contributed by atoms with E-state index in [1.807, 2.05) is 0 Å². The predicted molar refractivity (Wildman–Crippen MR) is 50.5 cm³/mol. The maximum absolute atomic E-state index is 13.2. The summed E-state index contributed by atoms with van der Waals surface area (Å²) in [4.78, 5) is 21.2. The highest BCUT2D eigenvalue weighted by molar-refractivity contribution is 5.93. The highest BCUT2D eigenvalue weighted by Crippen LogP contribution is 2.23. The van der Waals surface area contributed by atoms with E-state index in [0.29, 0.717) is 0 Å². The molecule has 0 amide bonds. The molecular formula is C10H9FO5. The molecule has 0 unspecified atom stereocenters. The molecule has 0 saturated heterocycles. The molecule has 16 heavy (non-hydrogen) atoms. The summed E-state index contributed by atoms with van der Waals surface area (Å²) in [6, 6.07) is 3.43. The summed E-state index contributed by atoms with van der Waals surface area (Å²) in [5.41, 5.74) is -0.308. The van der Waals surface area contributed by atoms with Crippen molar-refractivity contribution < 1.29 is 29.3 Å². The molecule has 0 saturated carbocycles. The zero-order valence-electron chi connectivity index (χ0n) is 8.05. The number of rotatable bonds is 4. The van der Waals surface area contributed by atoms with Gasteiger partial charge in [0.2, 0.25) is 0 Å². The van der Waals surface area contributed by atoms with Crippen LogP contribution in [0.25, 0.3) is 0 Å². The summed E-state index contributed by atoms with van der Waals surface area (Å²) < 4.78 is 13.2. The van der Waals surface area contributed by atoms with Gasteiger partial charge in [-0.1, -0.05) is 6.07 Å². The van der Waals surface area contributed by atoms with Crippen LogP contribution >= 0.6 is 0 Å². The first-order valence-corrected chi connectivity index (χ1v) is 4.35. The molecule has 0 radical (unpaired) electrons. The number of aromatic hydroxyl groups is 1. The standard InChI is InChI=1S/C10H9FO5/c11-7-2-1-3-8(12)5(7)4-6(9(13)14)10(15)16/h1-3,6,12H,4H2,(H,13,14)(H,15,16). The average molecular weight is 228 g/mol. The molecule has 0 fully saturated rings. The van der Waals surface area contributed by atoms with Crippen LogP contribution in [0.4, 0.5) is 4.39 Å². The monoisotopic (exact) mass is 228 g/mol. The largest absolute Gasteiger partial charge is 0.508 e. The van der Waals surface area contributed by atoms with E-state index in [1.165, 1.54) is 12.1 Å². The van der Waals surface area contributed by atoms with Crippen molar-refractivity contribution in [2.75, 3.05) is 0 Å². The van der Waals surface area contributed by atoms with Crippen molar-refractivity contribution >= 4 is 11.9 Å². The van der Waals surface area contributed by atoms with E-state index in [1.54, 1.807) is 0 Å². The Morgan fingerprint density at radius 1 is 1.25 bits per heavy atom. The molecule has 0 aliphatic rings. The quantitative estimate of drug-likeness (QED) is 0.664. The van der Waals surface area contributed by atoms with Gasteiger partial charge in [0.05, 0.1) is 0 Å². The first kappa shape index (κ1) is 12.0. The van der Waals surface area contributed by atoms with E-state index in [0.717, 1.165) is 6.07 Å². The molecule has 0 bridgehead atoms. The van der Waals surface area contributed by atoms with Crippen LogP contribution in [0.5, 0.6) is 5.75 Å². The summed E-state index contributed by atoms with van der Waals surface area (Å²) in [7, 11) is 0. The van der Waals surface area contributed by atoms with Crippen LogP contribution in [0.1, 0.15) is 5.56 Å². The van der Waals surface area contributed by atoms with E-state index in [2.05, 4.69) is 0 Å². The highest BCUT2D eigenvalue weighted by Gasteiger charge is 2.28. The van der Waals surface area contributed by atoms with Gasteiger partial charge in [-0.25, -0.2) is 4.39 Å². The molecule has 1 aromatic rings. The van der Waals surface area contributed by atoms with Crippen molar-refractivity contribution in [3.05, 3.63) is 29.6 Å². The van der Waals surface area contributed by atoms with Crippen molar-refractivity contribution in [2.24, 2.45) is 5.92 Å². The summed E-state index contributed by atoms with van der Waals surface area (Å²) in [5.74, 6) is -6.20. The van der Waals surface area contributed by atoms with Crippen LogP contribution in [0.3, 0.4) is 0 Å². The Bertz CT molecular complexity index is 395. The van der Waals surface area contributed by atoms with Gasteiger partial charge in [-0.3, -0.25) is 9.59 Å². The second-order valence-corrected chi connectivity index (χ2v) is 3.17. The smallest absolute Gasteiger partial charge is 0.318 e. The average Bonchev–Trinajstić information content (AvgIpc) is 2.15. The summed E-state index contributed by atoms with van der Waals surface area (Å²) in [6.07, 6.45) is -0.594. The minimum atomic E-state index is -1.78. The third-order valence-electron chi connectivity index (χ3n) is 2.10. The predicted octanol–water partition coefficient (Wildman–Crippen LogP) is 0.859. The maximum Gasteiger partial charge on any atom is 0.318 e. The number of aliphatic carboxylic acids is 2. The molecular weight excluding hydrogens is 219 g/mol. The minimum Gasteiger partial charge on any atom is -0.508 e. The lowest BCUT2D eigenvalue weighted by molar-refractivity contribution is -0.154. The fourth-order valence-corrected chi connectivity index (χ4v) is 1.23. The van der Waals surface area contributed by atoms with Gasteiger partial charge >= 0.3 is 11.9 Å². The molecule has 0 heterocycles. The van der Waals surface area contributed by atoms with Gasteiger partial charge in [0.15, 0.2) is 5.92 Å². The Labute approximate surface area is 89.8 Å². The molecule has 0 aromatic heterocycles. The lowest BCUT2D eigenvalue weighted by atomic mass is 9.98. The number of carboxylic acids is 2. The van der Waals surface area contributed by atoms with Gasteiger partial charge in [0, 0.05) is 12.0 Å². The normalized spacial score (nSPS) is 10.4. The number of benzene rings is 1. The fraction of sp³-hybridized carbons (Fsp3) is 0.200. The van der Waals surface area contributed by atoms with E-state index < -0.39 is 35.8 Å². The van der Waals surface area contributed by atoms with Crippen LogP contribution in [0.2, 0.25) is 0 Å². The van der Waals surface area contributed by atoms with Gasteiger partial charge in [-0.05, 0) is 12.1 Å². The molecule has 0 aliphatic carbocycles. The number of hydrogen-bond donors (Lipinski definition) is 3. The summed E-state index contributed by atoms with van der Waals surface area (Å²) in [5, 5.41) is 26.5. The summed E-state index contributed by atoms with van der Waals surface area (Å²) in [6.45, 7) is 0. The second-order valence-electron chi connectivity index (χ2n) is 3.17. The Balaban J connectivity index is 3.03. The molecule has 0 aliphatic heterocycles. The molecule has 1 rings (SSSR count). The van der Waals surface area contributed by atoms with E-state index >= 15 is 0 Å². The van der Waals surface area contributed by atoms with Crippen LogP contribution in [-0.4, -0.2) is 27.3 Å². The second kappa shape index (κ2) is 4.61. The number of carboxylic acid groups (broad SMARTS) is 2. The molecule has 0 atom stereocenters. The lowest BCUT2D eigenvalue weighted by Crippen LogP contribution is -2.25. The van der Waals surface area contributed by atoms with E-state index in [-0.39, 0.29) is 5.56 Å². The zero-order valence-corrected chi connectivity index (χ0v) is 8.05. The first-order chi connectivity index (χ1) is 7.43. The third-order valence-corrected chi connectivity index (χ3v) is 2.10. The number of halogens is 1. The topological polar surface area (TPSA) is 94.8 Å².